The lowest BCUT2D eigenvalue weighted by molar-refractivity contribution is 0.229. The minimum absolute atomic E-state index is 0.113. The largest absolute Gasteiger partial charge is 0.489 e. The Morgan fingerprint density at radius 3 is 2.50 bits per heavy atom. The van der Waals surface area contributed by atoms with Gasteiger partial charge in [-0.15, -0.1) is 0 Å². The van der Waals surface area contributed by atoms with Gasteiger partial charge in [0.1, 0.15) is 17.7 Å². The maximum absolute atomic E-state index is 13.0. The molecule has 28 heavy (non-hydrogen) atoms. The van der Waals surface area contributed by atoms with Crippen LogP contribution in [0.2, 0.25) is 0 Å². The Kier molecular flexibility index (Phi) is 7.00. The van der Waals surface area contributed by atoms with Crippen LogP contribution < -0.4 is 15.0 Å². The number of rotatable bonds is 6. The second kappa shape index (κ2) is 9.87. The van der Waals surface area contributed by atoms with Gasteiger partial charge in [0, 0.05) is 45.1 Å². The average molecular weight is 386 g/mol. The third-order valence-corrected chi connectivity index (χ3v) is 4.40. The van der Waals surface area contributed by atoms with E-state index in [-0.39, 0.29) is 11.9 Å². The Balaban J connectivity index is 1.54. The maximum Gasteiger partial charge on any atom is 0.225 e. The first kappa shape index (κ1) is 19.9. The zero-order valence-electron chi connectivity index (χ0n) is 16.4. The van der Waals surface area contributed by atoms with Crippen molar-refractivity contribution >= 4 is 11.9 Å². The molecule has 1 aromatic carbocycles. The minimum atomic E-state index is -0.271. The van der Waals surface area contributed by atoms with Crippen molar-refractivity contribution in [1.82, 2.24) is 20.2 Å². The van der Waals surface area contributed by atoms with Crippen molar-refractivity contribution in [2.24, 2.45) is 4.99 Å². The molecule has 1 fully saturated rings. The number of nitrogens with zero attached hydrogens (tertiary/aromatic N) is 5. The second-order valence-electron chi connectivity index (χ2n) is 6.60. The summed E-state index contributed by atoms with van der Waals surface area (Å²) in [4.78, 5) is 17.8. The zero-order chi connectivity index (χ0) is 19.8. The van der Waals surface area contributed by atoms with E-state index in [4.69, 9.17) is 9.73 Å². The molecule has 1 aromatic heterocycles. The first-order chi connectivity index (χ1) is 13.7. The van der Waals surface area contributed by atoms with Crippen LogP contribution in [0.25, 0.3) is 0 Å². The molecule has 7 nitrogen and oxygen atoms in total. The van der Waals surface area contributed by atoms with Crippen LogP contribution in [0, 0.1) is 5.82 Å². The molecule has 1 unspecified atom stereocenters. The molecule has 1 saturated heterocycles. The number of nitrogens with one attached hydrogen (secondary N) is 1. The molecule has 1 N–H and O–H groups in total. The summed E-state index contributed by atoms with van der Waals surface area (Å²) >= 11 is 0. The lowest BCUT2D eigenvalue weighted by Gasteiger charge is -2.36. The van der Waals surface area contributed by atoms with E-state index in [0.29, 0.717) is 12.3 Å². The summed E-state index contributed by atoms with van der Waals surface area (Å²) in [6.45, 7) is 8.71. The summed E-state index contributed by atoms with van der Waals surface area (Å²) < 4.78 is 18.8. The monoisotopic (exact) mass is 386 g/mol. The average Bonchev–Trinajstić information content (AvgIpc) is 2.73. The van der Waals surface area contributed by atoms with E-state index in [9.17, 15) is 4.39 Å². The first-order valence-electron chi connectivity index (χ1n) is 9.63. The molecule has 0 amide bonds. The predicted molar refractivity (Wildman–Crippen MR) is 108 cm³/mol. The van der Waals surface area contributed by atoms with Gasteiger partial charge in [-0.2, -0.15) is 0 Å². The molecule has 0 radical (unpaired) electrons. The molecule has 2 aromatic rings. The van der Waals surface area contributed by atoms with Crippen LogP contribution in [0.5, 0.6) is 5.75 Å². The third-order valence-electron chi connectivity index (χ3n) is 4.40. The van der Waals surface area contributed by atoms with Crippen LogP contribution in [0.15, 0.2) is 47.7 Å². The van der Waals surface area contributed by atoms with Crippen molar-refractivity contribution in [3.05, 3.63) is 48.5 Å². The highest BCUT2D eigenvalue weighted by Crippen LogP contribution is 2.13. The highest BCUT2D eigenvalue weighted by molar-refractivity contribution is 5.80. The molecular formula is C20H27FN6O. The number of aliphatic imine (C=N–C) groups is 1. The van der Waals surface area contributed by atoms with E-state index < -0.39 is 0 Å². The molecule has 2 heterocycles. The van der Waals surface area contributed by atoms with Gasteiger partial charge in [0.2, 0.25) is 5.95 Å². The third kappa shape index (κ3) is 5.55. The molecule has 150 valence electrons. The van der Waals surface area contributed by atoms with Crippen LogP contribution in [-0.2, 0) is 0 Å². The lowest BCUT2D eigenvalue weighted by atomic mass is 10.3. The zero-order valence-corrected chi connectivity index (χ0v) is 16.4. The molecule has 1 atom stereocenters. The number of benzene rings is 1. The van der Waals surface area contributed by atoms with E-state index in [0.717, 1.165) is 44.6 Å². The van der Waals surface area contributed by atoms with E-state index in [2.05, 4.69) is 32.0 Å². The first-order valence-corrected chi connectivity index (χ1v) is 9.63. The van der Waals surface area contributed by atoms with Crippen molar-refractivity contribution in [1.29, 1.82) is 0 Å². The van der Waals surface area contributed by atoms with Crippen LogP contribution in [0.1, 0.15) is 13.8 Å². The second-order valence-corrected chi connectivity index (χ2v) is 6.60. The molecule has 1 aliphatic heterocycles. The highest BCUT2D eigenvalue weighted by Gasteiger charge is 2.21. The van der Waals surface area contributed by atoms with Crippen LogP contribution >= 0.6 is 0 Å². The summed E-state index contributed by atoms with van der Waals surface area (Å²) in [7, 11) is 0. The van der Waals surface area contributed by atoms with E-state index >= 15 is 0 Å². The smallest absolute Gasteiger partial charge is 0.225 e. The molecule has 0 aliphatic carbocycles. The lowest BCUT2D eigenvalue weighted by Crippen LogP contribution is -2.53. The van der Waals surface area contributed by atoms with Gasteiger partial charge >= 0.3 is 0 Å². The quantitative estimate of drug-likeness (QED) is 0.606. The van der Waals surface area contributed by atoms with Crippen LogP contribution in [0.3, 0.4) is 0 Å². The number of aromatic nitrogens is 2. The topological polar surface area (TPSA) is 65.9 Å². The molecule has 8 heteroatoms. The fourth-order valence-corrected chi connectivity index (χ4v) is 3.00. The van der Waals surface area contributed by atoms with Gasteiger partial charge in [-0.05, 0) is 44.2 Å². The Labute approximate surface area is 165 Å². The maximum atomic E-state index is 13.0. The van der Waals surface area contributed by atoms with E-state index in [1.54, 1.807) is 24.5 Å². The van der Waals surface area contributed by atoms with Gasteiger partial charge < -0.3 is 19.9 Å². The molecule has 3 rings (SSSR count). The van der Waals surface area contributed by atoms with Crippen molar-refractivity contribution in [2.75, 3.05) is 44.2 Å². The summed E-state index contributed by atoms with van der Waals surface area (Å²) in [5, 5.41) is 3.35. The highest BCUT2D eigenvalue weighted by atomic mass is 19.1. The molecule has 0 bridgehead atoms. The summed E-state index contributed by atoms with van der Waals surface area (Å²) in [5.41, 5.74) is 0. The fraction of sp³-hybridized carbons (Fsp3) is 0.450. The Hall–Kier alpha value is -2.90. The number of piperazine rings is 1. The van der Waals surface area contributed by atoms with E-state index in [1.807, 2.05) is 13.0 Å². The van der Waals surface area contributed by atoms with Gasteiger partial charge in [0.25, 0.3) is 0 Å². The van der Waals surface area contributed by atoms with Crippen molar-refractivity contribution in [3.63, 3.8) is 0 Å². The van der Waals surface area contributed by atoms with Crippen LogP contribution in [0.4, 0.5) is 10.3 Å². The number of ether oxygens (including phenoxy) is 1. The normalized spacial score (nSPS) is 16.0. The van der Waals surface area contributed by atoms with Gasteiger partial charge in [-0.25, -0.2) is 19.4 Å². The number of hydrogen-bond donors (Lipinski definition) is 1. The molecule has 0 saturated carbocycles. The predicted octanol–water partition coefficient (Wildman–Crippen LogP) is 2.17. The van der Waals surface area contributed by atoms with Crippen molar-refractivity contribution in [2.45, 2.75) is 20.0 Å². The summed E-state index contributed by atoms with van der Waals surface area (Å²) in [6, 6.07) is 7.87. The van der Waals surface area contributed by atoms with Gasteiger partial charge in [-0.1, -0.05) is 0 Å². The van der Waals surface area contributed by atoms with Crippen LogP contribution in [-0.4, -0.2) is 66.2 Å². The number of guanidine groups is 1. The SMILES string of the molecule is CCNC(=NCC(C)Oc1ccc(F)cc1)N1CCN(c2ncccn2)CC1. The summed E-state index contributed by atoms with van der Waals surface area (Å²) in [6.07, 6.45) is 3.42. The van der Waals surface area contributed by atoms with Gasteiger partial charge in [0.05, 0.1) is 6.54 Å². The summed E-state index contributed by atoms with van der Waals surface area (Å²) in [5.74, 6) is 2.02. The van der Waals surface area contributed by atoms with Gasteiger partial charge in [-0.3, -0.25) is 0 Å². The van der Waals surface area contributed by atoms with Crippen molar-refractivity contribution in [3.8, 4) is 5.75 Å². The standard InChI is InChI=1S/C20H27FN6O/c1-3-22-19(25-15-16(2)28-18-7-5-17(21)6-8-18)26-11-13-27(14-12-26)20-23-9-4-10-24-20/h4-10,16H,3,11-15H2,1-2H3,(H,22,25). The molecule has 1 aliphatic rings. The van der Waals surface area contributed by atoms with E-state index in [1.165, 1.54) is 12.1 Å². The minimum Gasteiger partial charge on any atom is -0.489 e. The molecule has 0 spiro atoms. The van der Waals surface area contributed by atoms with Gasteiger partial charge in [0.15, 0.2) is 5.96 Å². The van der Waals surface area contributed by atoms with Crippen molar-refractivity contribution < 1.29 is 9.13 Å². The number of hydrogen-bond acceptors (Lipinski definition) is 5. The fourth-order valence-electron chi connectivity index (χ4n) is 3.00. The Morgan fingerprint density at radius 1 is 1.18 bits per heavy atom. The Morgan fingerprint density at radius 2 is 1.86 bits per heavy atom. The number of anilines is 1. The Bertz CT molecular complexity index is 747. The number of halogens is 1. The molecular weight excluding hydrogens is 359 g/mol.